The standard InChI is InChI=1S/C14H19BrN2O2/c15-12-2-1-3-13(8-12)16-14(19)5-7-17-6-4-11(9-17)10-18/h1-3,8,11,18H,4-7,9-10H2,(H,16,19). The van der Waals surface area contributed by atoms with E-state index in [2.05, 4.69) is 26.1 Å². The molecule has 1 heterocycles. The summed E-state index contributed by atoms with van der Waals surface area (Å²) in [5.41, 5.74) is 0.814. The first-order valence-electron chi connectivity index (χ1n) is 6.56. The van der Waals surface area contributed by atoms with Gasteiger partial charge in [0.25, 0.3) is 0 Å². The summed E-state index contributed by atoms with van der Waals surface area (Å²) in [6, 6.07) is 7.58. The van der Waals surface area contributed by atoms with E-state index >= 15 is 0 Å². The molecule has 0 aromatic heterocycles. The Morgan fingerprint density at radius 1 is 1.53 bits per heavy atom. The Hall–Kier alpha value is -0.910. The number of aliphatic hydroxyl groups is 1. The molecular weight excluding hydrogens is 308 g/mol. The number of halogens is 1. The van der Waals surface area contributed by atoms with Crippen LogP contribution in [0, 0.1) is 5.92 Å². The maximum atomic E-state index is 11.8. The number of carbonyl (C=O) groups excluding carboxylic acids is 1. The minimum atomic E-state index is 0.0329. The monoisotopic (exact) mass is 326 g/mol. The van der Waals surface area contributed by atoms with Crippen LogP contribution in [0.15, 0.2) is 28.7 Å². The lowest BCUT2D eigenvalue weighted by molar-refractivity contribution is -0.116. The van der Waals surface area contributed by atoms with E-state index in [1.807, 2.05) is 24.3 Å². The number of rotatable bonds is 5. The smallest absolute Gasteiger partial charge is 0.225 e. The highest BCUT2D eigenvalue weighted by Crippen LogP contribution is 2.17. The topological polar surface area (TPSA) is 52.6 Å². The molecule has 2 N–H and O–H groups in total. The first-order valence-corrected chi connectivity index (χ1v) is 7.35. The molecule has 19 heavy (non-hydrogen) atoms. The van der Waals surface area contributed by atoms with Gasteiger partial charge in [-0.15, -0.1) is 0 Å². The van der Waals surface area contributed by atoms with Gasteiger partial charge in [-0.25, -0.2) is 0 Å². The molecule has 1 aromatic rings. The molecule has 0 radical (unpaired) electrons. The molecule has 1 aliphatic heterocycles. The van der Waals surface area contributed by atoms with Crippen molar-refractivity contribution in [2.75, 3.05) is 31.6 Å². The second-order valence-corrected chi connectivity index (χ2v) is 5.86. The first kappa shape index (κ1) is 14.5. The summed E-state index contributed by atoms with van der Waals surface area (Å²) >= 11 is 3.38. The highest BCUT2D eigenvalue weighted by Gasteiger charge is 2.21. The predicted molar refractivity (Wildman–Crippen MR) is 79.0 cm³/mol. The quantitative estimate of drug-likeness (QED) is 0.871. The normalized spacial score (nSPS) is 19.6. The van der Waals surface area contributed by atoms with Gasteiger partial charge >= 0.3 is 0 Å². The van der Waals surface area contributed by atoms with Gasteiger partial charge in [-0.05, 0) is 37.1 Å². The highest BCUT2D eigenvalue weighted by atomic mass is 79.9. The zero-order valence-electron chi connectivity index (χ0n) is 10.8. The summed E-state index contributed by atoms with van der Waals surface area (Å²) in [5.74, 6) is 0.415. The summed E-state index contributed by atoms with van der Waals surface area (Å²) in [6.45, 7) is 2.90. The van der Waals surface area contributed by atoms with E-state index in [-0.39, 0.29) is 12.5 Å². The van der Waals surface area contributed by atoms with E-state index in [1.54, 1.807) is 0 Å². The molecule has 0 saturated carbocycles. The zero-order chi connectivity index (χ0) is 13.7. The van der Waals surface area contributed by atoms with Crippen LogP contribution >= 0.6 is 15.9 Å². The number of nitrogens with one attached hydrogen (secondary N) is 1. The van der Waals surface area contributed by atoms with Gasteiger partial charge in [0.2, 0.25) is 5.91 Å². The molecule has 0 bridgehead atoms. The fourth-order valence-corrected chi connectivity index (χ4v) is 2.71. The average molecular weight is 327 g/mol. The van der Waals surface area contributed by atoms with Crippen molar-refractivity contribution < 1.29 is 9.90 Å². The summed E-state index contributed by atoms with van der Waals surface area (Å²) in [5, 5.41) is 12.0. The van der Waals surface area contributed by atoms with Gasteiger partial charge < -0.3 is 15.3 Å². The Bertz CT molecular complexity index is 439. The number of aliphatic hydroxyl groups excluding tert-OH is 1. The van der Waals surface area contributed by atoms with Gasteiger partial charge in [-0.1, -0.05) is 22.0 Å². The molecule has 2 rings (SSSR count). The van der Waals surface area contributed by atoms with E-state index < -0.39 is 0 Å². The van der Waals surface area contributed by atoms with Crippen LogP contribution in [0.5, 0.6) is 0 Å². The molecule has 1 aliphatic rings. The number of nitrogens with zero attached hydrogens (tertiary/aromatic N) is 1. The van der Waals surface area contributed by atoms with E-state index in [4.69, 9.17) is 5.11 Å². The van der Waals surface area contributed by atoms with Crippen molar-refractivity contribution in [3.63, 3.8) is 0 Å². The third-order valence-electron chi connectivity index (χ3n) is 3.39. The van der Waals surface area contributed by atoms with Crippen LogP contribution in [-0.2, 0) is 4.79 Å². The number of hydrogen-bond donors (Lipinski definition) is 2. The van der Waals surface area contributed by atoms with Crippen molar-refractivity contribution >= 4 is 27.5 Å². The van der Waals surface area contributed by atoms with Crippen molar-refractivity contribution in [3.05, 3.63) is 28.7 Å². The molecule has 1 unspecified atom stereocenters. The summed E-state index contributed by atoms with van der Waals surface area (Å²) in [7, 11) is 0. The van der Waals surface area contributed by atoms with Crippen molar-refractivity contribution in [3.8, 4) is 0 Å². The molecule has 5 heteroatoms. The molecule has 4 nitrogen and oxygen atoms in total. The molecule has 1 saturated heterocycles. The average Bonchev–Trinajstić information content (AvgIpc) is 2.84. The molecule has 0 spiro atoms. The van der Waals surface area contributed by atoms with Crippen molar-refractivity contribution in [1.82, 2.24) is 4.90 Å². The van der Waals surface area contributed by atoms with Gasteiger partial charge in [-0.2, -0.15) is 0 Å². The highest BCUT2D eigenvalue weighted by molar-refractivity contribution is 9.10. The maximum Gasteiger partial charge on any atom is 0.225 e. The summed E-state index contributed by atoms with van der Waals surface area (Å²) in [4.78, 5) is 14.1. The van der Waals surface area contributed by atoms with Crippen molar-refractivity contribution in [2.45, 2.75) is 12.8 Å². The molecule has 1 fully saturated rings. The lowest BCUT2D eigenvalue weighted by Gasteiger charge is -2.15. The van der Waals surface area contributed by atoms with Crippen molar-refractivity contribution in [2.24, 2.45) is 5.92 Å². The number of benzene rings is 1. The van der Waals surface area contributed by atoms with Crippen LogP contribution in [0.4, 0.5) is 5.69 Å². The van der Waals surface area contributed by atoms with E-state index in [9.17, 15) is 4.79 Å². The van der Waals surface area contributed by atoms with Crippen LogP contribution in [0.25, 0.3) is 0 Å². The Labute approximate surface area is 121 Å². The zero-order valence-corrected chi connectivity index (χ0v) is 12.4. The van der Waals surface area contributed by atoms with Crippen LogP contribution in [0.2, 0.25) is 0 Å². The molecule has 1 atom stereocenters. The lowest BCUT2D eigenvalue weighted by atomic mass is 10.1. The molecule has 0 aliphatic carbocycles. The Morgan fingerprint density at radius 3 is 3.05 bits per heavy atom. The van der Waals surface area contributed by atoms with Gasteiger partial charge in [-0.3, -0.25) is 4.79 Å². The lowest BCUT2D eigenvalue weighted by Crippen LogP contribution is -2.26. The minimum Gasteiger partial charge on any atom is -0.396 e. The number of amides is 1. The number of likely N-dealkylation sites (tertiary alicyclic amines) is 1. The molecular formula is C14H19BrN2O2. The van der Waals surface area contributed by atoms with E-state index in [1.165, 1.54) is 0 Å². The van der Waals surface area contributed by atoms with Gasteiger partial charge in [0.15, 0.2) is 0 Å². The summed E-state index contributed by atoms with van der Waals surface area (Å²) in [6.07, 6.45) is 1.52. The van der Waals surface area contributed by atoms with Crippen LogP contribution < -0.4 is 5.32 Å². The maximum absolute atomic E-state index is 11.8. The second kappa shape index (κ2) is 7.03. The SMILES string of the molecule is O=C(CCN1CCC(CO)C1)Nc1cccc(Br)c1. The predicted octanol–water partition coefficient (Wildman–Crippen LogP) is 2.09. The summed E-state index contributed by atoms with van der Waals surface area (Å²) < 4.78 is 0.954. The number of hydrogen-bond acceptors (Lipinski definition) is 3. The van der Waals surface area contributed by atoms with Crippen LogP contribution in [0.1, 0.15) is 12.8 Å². The van der Waals surface area contributed by atoms with Gasteiger partial charge in [0.1, 0.15) is 0 Å². The number of anilines is 1. The fourth-order valence-electron chi connectivity index (χ4n) is 2.31. The molecule has 1 aromatic carbocycles. The largest absolute Gasteiger partial charge is 0.396 e. The van der Waals surface area contributed by atoms with Gasteiger partial charge in [0.05, 0.1) is 0 Å². The van der Waals surface area contributed by atoms with Crippen molar-refractivity contribution in [1.29, 1.82) is 0 Å². The molecule has 104 valence electrons. The third kappa shape index (κ3) is 4.60. The molecule has 1 amide bonds. The van der Waals surface area contributed by atoms with E-state index in [0.717, 1.165) is 36.2 Å². The van der Waals surface area contributed by atoms with Crippen LogP contribution in [0.3, 0.4) is 0 Å². The Kier molecular flexibility index (Phi) is 5.36. The second-order valence-electron chi connectivity index (χ2n) is 4.95. The Morgan fingerprint density at radius 2 is 2.37 bits per heavy atom. The number of carbonyl (C=O) groups is 1. The Balaban J connectivity index is 1.73. The first-order chi connectivity index (χ1) is 9.17. The minimum absolute atomic E-state index is 0.0329. The van der Waals surface area contributed by atoms with Gasteiger partial charge in [0, 0.05) is 36.3 Å². The van der Waals surface area contributed by atoms with Crippen LogP contribution in [-0.4, -0.2) is 42.2 Å². The third-order valence-corrected chi connectivity index (χ3v) is 3.88. The fraction of sp³-hybridized carbons (Fsp3) is 0.500. The van der Waals surface area contributed by atoms with E-state index in [0.29, 0.717) is 12.3 Å².